The van der Waals surface area contributed by atoms with Crippen LogP contribution in [0.5, 0.6) is 0 Å². The van der Waals surface area contributed by atoms with E-state index in [9.17, 15) is 4.79 Å². The molecule has 0 bridgehead atoms. The van der Waals surface area contributed by atoms with Crippen LogP contribution >= 0.6 is 0 Å². The Balaban J connectivity index is 1.57. The average molecular weight is 431 g/mol. The van der Waals surface area contributed by atoms with Gasteiger partial charge in [-0.2, -0.15) is 0 Å². The molecule has 1 aromatic carbocycles. The Labute approximate surface area is 186 Å². The summed E-state index contributed by atoms with van der Waals surface area (Å²) in [6.45, 7) is 4.52. The lowest BCUT2D eigenvalue weighted by atomic mass is 10.0. The number of carbonyl (C=O) groups is 1. The van der Waals surface area contributed by atoms with E-state index in [1.54, 1.807) is 0 Å². The van der Waals surface area contributed by atoms with Crippen LogP contribution in [0.2, 0.25) is 0 Å². The van der Waals surface area contributed by atoms with E-state index in [-0.39, 0.29) is 5.78 Å². The van der Waals surface area contributed by atoms with Crippen LogP contribution in [-0.4, -0.2) is 46.2 Å². The van der Waals surface area contributed by atoms with Crippen LogP contribution in [0, 0.1) is 0 Å². The van der Waals surface area contributed by atoms with Crippen molar-refractivity contribution in [3.8, 4) is 22.6 Å². The fraction of sp³-hybridized carbons (Fsp3) is 0.348. The fourth-order valence-electron chi connectivity index (χ4n) is 3.53. The summed E-state index contributed by atoms with van der Waals surface area (Å²) in [6.07, 6.45) is 6.33. The molecule has 1 N–H and O–H groups in total. The summed E-state index contributed by atoms with van der Waals surface area (Å²) in [5, 5.41) is 18.6. The van der Waals surface area contributed by atoms with Gasteiger partial charge in [-0.1, -0.05) is 57.0 Å². The maximum atomic E-state index is 12.1. The molecule has 9 heteroatoms. The summed E-state index contributed by atoms with van der Waals surface area (Å²) in [4.78, 5) is 21.3. The Bertz CT molecular complexity index is 1170. The smallest absolute Gasteiger partial charge is 0.217 e. The van der Waals surface area contributed by atoms with Gasteiger partial charge in [0.05, 0.1) is 12.2 Å². The minimum absolute atomic E-state index is 0.0347. The molecule has 164 valence electrons. The number of carbonyl (C=O) groups excluding carboxylic acids is 1. The molecule has 0 spiro atoms. The summed E-state index contributed by atoms with van der Waals surface area (Å²) < 4.78 is 1.84. The van der Waals surface area contributed by atoms with Crippen LogP contribution in [0.3, 0.4) is 0 Å². The number of tetrazole rings is 1. The number of rotatable bonds is 10. The van der Waals surface area contributed by atoms with Crippen LogP contribution in [0.4, 0.5) is 0 Å². The Morgan fingerprint density at radius 1 is 1.06 bits per heavy atom. The summed E-state index contributed by atoms with van der Waals surface area (Å²) in [6, 6.07) is 11.8. The number of benzene rings is 1. The molecule has 0 saturated heterocycles. The van der Waals surface area contributed by atoms with Gasteiger partial charge >= 0.3 is 0 Å². The van der Waals surface area contributed by atoms with E-state index < -0.39 is 0 Å². The quantitative estimate of drug-likeness (QED) is 0.300. The highest BCUT2D eigenvalue weighted by Gasteiger charge is 2.16. The summed E-state index contributed by atoms with van der Waals surface area (Å²) in [7, 11) is 0. The zero-order chi connectivity index (χ0) is 22.3. The molecular weight excluding hydrogens is 404 g/mol. The van der Waals surface area contributed by atoms with E-state index in [2.05, 4.69) is 42.6 Å². The van der Waals surface area contributed by atoms with E-state index in [0.29, 0.717) is 24.6 Å². The van der Waals surface area contributed by atoms with Crippen LogP contribution in [-0.2, 0) is 13.0 Å². The first kappa shape index (κ1) is 21.5. The van der Waals surface area contributed by atoms with Crippen molar-refractivity contribution in [2.24, 2.45) is 0 Å². The van der Waals surface area contributed by atoms with Gasteiger partial charge in [0, 0.05) is 30.2 Å². The molecule has 0 aliphatic heterocycles. The van der Waals surface area contributed by atoms with Crippen LogP contribution in [0.25, 0.3) is 22.6 Å². The molecule has 4 aromatic rings. The summed E-state index contributed by atoms with van der Waals surface area (Å²) >= 11 is 0. The number of nitrogens with zero attached hydrogens (tertiary/aromatic N) is 7. The standard InChI is InChI=1S/C23H26N8O/c1-3-5-6-11-21-25-23(20(32)4-2)28-31(21)15-16-12-13-19(24-14-16)17-9-7-8-10-18(17)22-26-29-30-27-22/h7-10,12-14H,3-6,11,15H2,1-2H3,(H,26,27,29,30). The van der Waals surface area contributed by atoms with Crippen molar-refractivity contribution >= 4 is 5.78 Å². The number of ketones is 1. The molecule has 0 aliphatic carbocycles. The monoisotopic (exact) mass is 430 g/mol. The van der Waals surface area contributed by atoms with Gasteiger partial charge in [-0.25, -0.2) is 14.8 Å². The van der Waals surface area contributed by atoms with Crippen molar-refractivity contribution < 1.29 is 4.79 Å². The number of aromatic nitrogens is 8. The molecule has 3 aromatic heterocycles. The van der Waals surface area contributed by atoms with E-state index in [0.717, 1.165) is 53.9 Å². The van der Waals surface area contributed by atoms with Gasteiger partial charge < -0.3 is 0 Å². The van der Waals surface area contributed by atoms with Crippen molar-refractivity contribution in [3.05, 3.63) is 59.8 Å². The molecule has 0 saturated carbocycles. The topological polar surface area (TPSA) is 115 Å². The third kappa shape index (κ3) is 4.77. The Morgan fingerprint density at radius 3 is 2.59 bits per heavy atom. The minimum atomic E-state index is -0.0347. The normalized spacial score (nSPS) is 11.1. The second-order valence-corrected chi connectivity index (χ2v) is 7.59. The van der Waals surface area contributed by atoms with Crippen LogP contribution in [0.15, 0.2) is 42.6 Å². The summed E-state index contributed by atoms with van der Waals surface area (Å²) in [5.41, 5.74) is 3.64. The maximum absolute atomic E-state index is 12.1. The van der Waals surface area contributed by atoms with E-state index in [4.69, 9.17) is 0 Å². The zero-order valence-corrected chi connectivity index (χ0v) is 18.3. The molecule has 0 atom stereocenters. The van der Waals surface area contributed by atoms with Crippen molar-refractivity contribution in [2.75, 3.05) is 0 Å². The highest BCUT2D eigenvalue weighted by atomic mass is 16.1. The van der Waals surface area contributed by atoms with Crippen molar-refractivity contribution in [3.63, 3.8) is 0 Å². The molecule has 3 heterocycles. The molecule has 32 heavy (non-hydrogen) atoms. The molecule has 4 rings (SSSR count). The Hall–Kier alpha value is -3.75. The molecule has 0 fully saturated rings. The van der Waals surface area contributed by atoms with Crippen molar-refractivity contribution in [1.29, 1.82) is 0 Å². The summed E-state index contributed by atoms with van der Waals surface area (Å²) in [5.74, 6) is 1.71. The lowest BCUT2D eigenvalue weighted by molar-refractivity contribution is 0.0978. The van der Waals surface area contributed by atoms with Gasteiger partial charge in [0.2, 0.25) is 11.6 Å². The van der Waals surface area contributed by atoms with Crippen molar-refractivity contribution in [1.82, 2.24) is 40.4 Å². The van der Waals surface area contributed by atoms with E-state index in [1.807, 2.05) is 54.2 Å². The highest BCUT2D eigenvalue weighted by Crippen LogP contribution is 2.28. The molecule has 0 radical (unpaired) electrons. The SMILES string of the molecule is CCCCCc1nc(C(=O)CC)nn1Cc1ccc(-c2ccccc2-c2nnn[nH]2)nc1. The van der Waals surface area contributed by atoms with Gasteiger partial charge in [0.15, 0.2) is 5.82 Å². The fourth-order valence-corrected chi connectivity index (χ4v) is 3.53. The van der Waals surface area contributed by atoms with Crippen molar-refractivity contribution in [2.45, 2.75) is 52.5 Å². The maximum Gasteiger partial charge on any atom is 0.217 e. The van der Waals surface area contributed by atoms with Crippen LogP contribution in [0.1, 0.15) is 61.5 Å². The Morgan fingerprint density at radius 2 is 1.91 bits per heavy atom. The van der Waals surface area contributed by atoms with E-state index >= 15 is 0 Å². The number of hydrogen-bond donors (Lipinski definition) is 1. The largest absolute Gasteiger partial charge is 0.291 e. The molecule has 9 nitrogen and oxygen atoms in total. The molecular formula is C23H26N8O. The Kier molecular flexibility index (Phi) is 6.74. The number of pyridine rings is 1. The second kappa shape index (κ2) is 10.0. The molecule has 0 aliphatic rings. The zero-order valence-electron chi connectivity index (χ0n) is 18.3. The van der Waals surface area contributed by atoms with E-state index in [1.165, 1.54) is 0 Å². The average Bonchev–Trinajstić information content (AvgIpc) is 3.50. The number of hydrogen-bond acceptors (Lipinski definition) is 7. The first-order chi connectivity index (χ1) is 15.7. The molecule has 0 amide bonds. The van der Waals surface area contributed by atoms with Gasteiger partial charge in [-0.15, -0.1) is 10.2 Å². The van der Waals surface area contributed by atoms with Gasteiger partial charge in [0.1, 0.15) is 5.82 Å². The lowest BCUT2D eigenvalue weighted by Gasteiger charge is -2.09. The number of unbranched alkanes of at least 4 members (excludes halogenated alkanes) is 2. The number of aryl methyl sites for hydroxylation is 1. The van der Waals surface area contributed by atoms with Crippen LogP contribution < -0.4 is 0 Å². The first-order valence-electron chi connectivity index (χ1n) is 10.9. The predicted molar refractivity (Wildman–Crippen MR) is 120 cm³/mol. The predicted octanol–water partition coefficient (Wildman–Crippen LogP) is 3.89. The molecule has 0 unspecified atom stereocenters. The third-order valence-corrected chi connectivity index (χ3v) is 5.28. The third-order valence-electron chi connectivity index (χ3n) is 5.28. The number of nitrogens with one attached hydrogen (secondary N) is 1. The number of Topliss-reactive ketones (excluding diaryl/α,β-unsaturated/α-hetero) is 1. The lowest BCUT2D eigenvalue weighted by Crippen LogP contribution is -2.08. The number of aromatic amines is 1. The van der Waals surface area contributed by atoms with Gasteiger partial charge in [-0.3, -0.25) is 9.78 Å². The number of H-pyrrole nitrogens is 1. The highest BCUT2D eigenvalue weighted by molar-refractivity contribution is 5.92. The minimum Gasteiger partial charge on any atom is -0.291 e. The van der Waals surface area contributed by atoms with Gasteiger partial charge in [0.25, 0.3) is 0 Å². The second-order valence-electron chi connectivity index (χ2n) is 7.59. The first-order valence-corrected chi connectivity index (χ1v) is 10.9. The van der Waals surface area contributed by atoms with Gasteiger partial charge in [-0.05, 0) is 28.5 Å².